The molecule has 0 amide bonds. The van der Waals surface area contributed by atoms with Crippen LogP contribution in [-0.4, -0.2) is 28.8 Å². The van der Waals surface area contributed by atoms with Crippen molar-refractivity contribution in [2.24, 2.45) is 0 Å². The highest BCUT2D eigenvalue weighted by molar-refractivity contribution is 5.48. The second kappa shape index (κ2) is 7.06. The predicted octanol–water partition coefficient (Wildman–Crippen LogP) is 1.85. The zero-order valence-corrected chi connectivity index (χ0v) is 11.4. The van der Waals surface area contributed by atoms with E-state index in [2.05, 4.69) is 5.32 Å². The van der Waals surface area contributed by atoms with Crippen molar-refractivity contribution in [1.29, 1.82) is 0 Å². The zero-order chi connectivity index (χ0) is 14.4. The van der Waals surface area contributed by atoms with Crippen molar-refractivity contribution in [3.05, 3.63) is 33.9 Å². The molecule has 1 aromatic carbocycles. The number of nitro groups is 1. The van der Waals surface area contributed by atoms with Crippen LogP contribution in [0.4, 0.5) is 5.69 Å². The van der Waals surface area contributed by atoms with Gasteiger partial charge >= 0.3 is 5.69 Å². The second-order valence-electron chi connectivity index (χ2n) is 4.75. The Kier molecular flexibility index (Phi) is 5.72. The minimum absolute atomic E-state index is 0.0322. The molecule has 0 bridgehead atoms. The van der Waals surface area contributed by atoms with Crippen molar-refractivity contribution in [2.75, 3.05) is 6.61 Å². The zero-order valence-electron chi connectivity index (χ0n) is 11.4. The van der Waals surface area contributed by atoms with E-state index in [0.29, 0.717) is 12.6 Å². The van der Waals surface area contributed by atoms with E-state index in [1.807, 2.05) is 13.8 Å². The average molecular weight is 268 g/mol. The number of benzene rings is 1. The number of nitro benzene ring substituents is 1. The van der Waals surface area contributed by atoms with Crippen LogP contribution in [0.5, 0.6) is 5.75 Å². The molecule has 0 spiro atoms. The fourth-order valence-electron chi connectivity index (χ4n) is 1.47. The molecule has 1 aromatic rings. The normalized spacial score (nSPS) is 12.5. The summed E-state index contributed by atoms with van der Waals surface area (Å²) in [5, 5.41) is 23.3. The first-order valence-corrected chi connectivity index (χ1v) is 6.21. The van der Waals surface area contributed by atoms with Crippen molar-refractivity contribution in [1.82, 2.24) is 5.32 Å². The highest BCUT2D eigenvalue weighted by atomic mass is 16.6. The molecule has 0 radical (unpaired) electrons. The molecule has 1 atom stereocenters. The Labute approximate surface area is 112 Å². The molecule has 0 saturated heterocycles. The molecule has 0 aliphatic rings. The summed E-state index contributed by atoms with van der Waals surface area (Å²) in [4.78, 5) is 10.5. The first kappa shape index (κ1) is 15.4. The quantitative estimate of drug-likeness (QED) is 0.582. The summed E-state index contributed by atoms with van der Waals surface area (Å²) in [5.74, 6) is 0.180. The smallest absolute Gasteiger partial charge is 0.311 e. The van der Waals surface area contributed by atoms with E-state index in [1.165, 1.54) is 6.07 Å². The lowest BCUT2D eigenvalue weighted by atomic mass is 10.1. The summed E-state index contributed by atoms with van der Waals surface area (Å²) in [7, 11) is 0. The van der Waals surface area contributed by atoms with Crippen LogP contribution in [-0.2, 0) is 6.54 Å². The maximum absolute atomic E-state index is 11.0. The van der Waals surface area contributed by atoms with Gasteiger partial charge in [-0.25, -0.2) is 0 Å². The third-order valence-corrected chi connectivity index (χ3v) is 2.41. The third-order valence-electron chi connectivity index (χ3n) is 2.41. The molecule has 0 fully saturated rings. The largest absolute Gasteiger partial charge is 0.484 e. The second-order valence-corrected chi connectivity index (χ2v) is 4.75. The van der Waals surface area contributed by atoms with Crippen LogP contribution in [0, 0.1) is 10.1 Å². The molecule has 0 aliphatic carbocycles. The molecular formula is C13H20N2O4. The van der Waals surface area contributed by atoms with Gasteiger partial charge in [-0.15, -0.1) is 0 Å². The number of aliphatic hydroxyl groups excluding tert-OH is 1. The Morgan fingerprint density at radius 2 is 2.11 bits per heavy atom. The van der Waals surface area contributed by atoms with E-state index in [1.54, 1.807) is 19.1 Å². The molecule has 0 aromatic heterocycles. The van der Waals surface area contributed by atoms with Gasteiger partial charge in [0.2, 0.25) is 0 Å². The summed E-state index contributed by atoms with van der Waals surface area (Å²) in [6, 6.07) is 5.15. The van der Waals surface area contributed by atoms with Gasteiger partial charge in [0.15, 0.2) is 5.75 Å². The summed E-state index contributed by atoms with van der Waals surface area (Å²) >= 11 is 0. The first-order chi connectivity index (χ1) is 8.90. The molecule has 6 nitrogen and oxygen atoms in total. The van der Waals surface area contributed by atoms with Crippen LogP contribution < -0.4 is 10.1 Å². The Balaban J connectivity index is 2.85. The Morgan fingerprint density at radius 1 is 1.42 bits per heavy atom. The average Bonchev–Trinajstić information content (AvgIpc) is 2.33. The fourth-order valence-corrected chi connectivity index (χ4v) is 1.47. The number of rotatable bonds is 7. The maximum atomic E-state index is 11.0. The van der Waals surface area contributed by atoms with Crippen molar-refractivity contribution < 1.29 is 14.8 Å². The number of nitrogens with zero attached hydrogens (tertiary/aromatic N) is 1. The van der Waals surface area contributed by atoms with Crippen molar-refractivity contribution in [2.45, 2.75) is 39.5 Å². The third kappa shape index (κ3) is 5.23. The number of nitrogens with one attached hydrogen (secondary N) is 1. The van der Waals surface area contributed by atoms with E-state index in [9.17, 15) is 10.1 Å². The molecule has 0 saturated carbocycles. The molecule has 0 heterocycles. The van der Waals surface area contributed by atoms with Gasteiger partial charge in [0.1, 0.15) is 6.61 Å². The van der Waals surface area contributed by atoms with Gasteiger partial charge < -0.3 is 15.2 Å². The standard InChI is InChI=1S/C13H20N2O4/c1-9(2)14-7-11-4-5-13(19-8-10(3)16)12(6-11)15(17)18/h4-6,9-10,14,16H,7-8H2,1-3H3. The monoisotopic (exact) mass is 268 g/mol. The Morgan fingerprint density at radius 3 is 2.63 bits per heavy atom. The fraction of sp³-hybridized carbons (Fsp3) is 0.538. The predicted molar refractivity (Wildman–Crippen MR) is 72.2 cm³/mol. The summed E-state index contributed by atoms with van der Waals surface area (Å²) < 4.78 is 5.23. The molecule has 0 aliphatic heterocycles. The van der Waals surface area contributed by atoms with Gasteiger partial charge in [-0.2, -0.15) is 0 Å². The van der Waals surface area contributed by atoms with Gasteiger partial charge in [0, 0.05) is 18.7 Å². The summed E-state index contributed by atoms with van der Waals surface area (Å²) in [6.07, 6.45) is -0.665. The maximum Gasteiger partial charge on any atom is 0.311 e. The van der Waals surface area contributed by atoms with Gasteiger partial charge in [-0.05, 0) is 18.6 Å². The summed E-state index contributed by atoms with van der Waals surface area (Å²) in [6.45, 7) is 6.18. The van der Waals surface area contributed by atoms with E-state index < -0.39 is 11.0 Å². The Bertz CT molecular complexity index is 433. The topological polar surface area (TPSA) is 84.6 Å². The number of aliphatic hydroxyl groups is 1. The van der Waals surface area contributed by atoms with Crippen LogP contribution >= 0.6 is 0 Å². The highest BCUT2D eigenvalue weighted by Gasteiger charge is 2.16. The minimum atomic E-state index is -0.665. The van der Waals surface area contributed by atoms with Crippen molar-refractivity contribution >= 4 is 5.69 Å². The first-order valence-electron chi connectivity index (χ1n) is 6.21. The lowest BCUT2D eigenvalue weighted by Crippen LogP contribution is -2.21. The Hall–Kier alpha value is -1.66. The van der Waals surface area contributed by atoms with E-state index >= 15 is 0 Å². The molecule has 1 rings (SSSR count). The van der Waals surface area contributed by atoms with Gasteiger partial charge in [0.25, 0.3) is 0 Å². The highest BCUT2D eigenvalue weighted by Crippen LogP contribution is 2.28. The number of hydrogen-bond acceptors (Lipinski definition) is 5. The number of hydrogen-bond donors (Lipinski definition) is 2. The van der Waals surface area contributed by atoms with E-state index in [0.717, 1.165) is 5.56 Å². The van der Waals surface area contributed by atoms with Crippen LogP contribution in [0.15, 0.2) is 18.2 Å². The molecular weight excluding hydrogens is 248 g/mol. The number of ether oxygens (including phenoxy) is 1. The van der Waals surface area contributed by atoms with E-state index in [4.69, 9.17) is 9.84 Å². The van der Waals surface area contributed by atoms with E-state index in [-0.39, 0.29) is 18.0 Å². The molecule has 106 valence electrons. The summed E-state index contributed by atoms with van der Waals surface area (Å²) in [5.41, 5.74) is 0.744. The van der Waals surface area contributed by atoms with Crippen LogP contribution in [0.2, 0.25) is 0 Å². The molecule has 6 heteroatoms. The van der Waals surface area contributed by atoms with Crippen LogP contribution in [0.3, 0.4) is 0 Å². The molecule has 2 N–H and O–H groups in total. The van der Waals surface area contributed by atoms with Crippen LogP contribution in [0.25, 0.3) is 0 Å². The SMILES string of the molecule is CC(O)COc1ccc(CNC(C)C)cc1[N+](=O)[O-]. The van der Waals surface area contributed by atoms with Gasteiger partial charge in [-0.3, -0.25) is 10.1 Å². The van der Waals surface area contributed by atoms with Crippen molar-refractivity contribution in [3.8, 4) is 5.75 Å². The minimum Gasteiger partial charge on any atom is -0.484 e. The molecule has 19 heavy (non-hydrogen) atoms. The van der Waals surface area contributed by atoms with Gasteiger partial charge in [-0.1, -0.05) is 19.9 Å². The van der Waals surface area contributed by atoms with Crippen molar-refractivity contribution in [3.63, 3.8) is 0 Å². The molecule has 1 unspecified atom stereocenters. The lowest BCUT2D eigenvalue weighted by molar-refractivity contribution is -0.386. The van der Waals surface area contributed by atoms with Gasteiger partial charge in [0.05, 0.1) is 11.0 Å². The lowest BCUT2D eigenvalue weighted by Gasteiger charge is -2.11. The van der Waals surface area contributed by atoms with Crippen LogP contribution in [0.1, 0.15) is 26.3 Å².